The van der Waals surface area contributed by atoms with Gasteiger partial charge in [-0.2, -0.15) is 5.10 Å². The second-order valence-electron chi connectivity index (χ2n) is 4.21. The number of nitrogen functional groups attached to an aromatic ring is 1. The molecule has 0 saturated carbocycles. The number of nitrogens with two attached hydrogens (primary N) is 1. The van der Waals surface area contributed by atoms with E-state index in [1.807, 2.05) is 31.2 Å². The lowest BCUT2D eigenvalue weighted by Gasteiger charge is -2.19. The van der Waals surface area contributed by atoms with E-state index in [0.29, 0.717) is 5.69 Å². The van der Waals surface area contributed by atoms with Crippen molar-refractivity contribution in [3.8, 4) is 0 Å². The van der Waals surface area contributed by atoms with Gasteiger partial charge in [0.2, 0.25) is 5.91 Å². The molecule has 2 N–H and O–H groups in total. The van der Waals surface area contributed by atoms with Gasteiger partial charge in [0.05, 0.1) is 11.9 Å². The maximum Gasteiger partial charge on any atom is 0.248 e. The van der Waals surface area contributed by atoms with E-state index >= 15 is 0 Å². The Bertz CT molecular complexity index is 562. The summed E-state index contributed by atoms with van der Waals surface area (Å²) in [5.41, 5.74) is 8.08. The second-order valence-corrected chi connectivity index (χ2v) is 4.21. The molecule has 0 saturated heterocycles. The topological polar surface area (TPSA) is 64.2 Å². The summed E-state index contributed by atoms with van der Waals surface area (Å²) in [4.78, 5) is 13.7. The maximum atomic E-state index is 12.1. The zero-order chi connectivity index (χ0) is 13.1. The number of likely N-dealkylation sites (N-methyl/N-ethyl adjacent to an activating group) is 1. The quantitative estimate of drug-likeness (QED) is 0.888. The molecule has 1 aromatic heterocycles. The van der Waals surface area contributed by atoms with Crippen molar-refractivity contribution in [1.29, 1.82) is 0 Å². The molecular formula is C13H16N4O. The van der Waals surface area contributed by atoms with Gasteiger partial charge in [-0.15, -0.1) is 0 Å². The minimum Gasteiger partial charge on any atom is -0.396 e. The van der Waals surface area contributed by atoms with Crippen LogP contribution in [-0.4, -0.2) is 22.7 Å². The Morgan fingerprint density at radius 3 is 2.78 bits per heavy atom. The van der Waals surface area contributed by atoms with E-state index in [1.165, 1.54) is 10.9 Å². The molecule has 0 fully saturated rings. The number of carbonyl (C=O) groups excluding carboxylic acids is 1. The predicted molar refractivity (Wildman–Crippen MR) is 71.2 cm³/mol. The Morgan fingerprint density at radius 2 is 2.17 bits per heavy atom. The van der Waals surface area contributed by atoms with E-state index in [2.05, 4.69) is 5.10 Å². The molecule has 18 heavy (non-hydrogen) atoms. The van der Waals surface area contributed by atoms with Crippen molar-refractivity contribution in [3.05, 3.63) is 42.2 Å². The van der Waals surface area contributed by atoms with Crippen LogP contribution in [0.1, 0.15) is 5.56 Å². The van der Waals surface area contributed by atoms with Crippen molar-refractivity contribution in [2.45, 2.75) is 13.5 Å². The molecule has 0 aliphatic heterocycles. The monoisotopic (exact) mass is 244 g/mol. The highest BCUT2D eigenvalue weighted by Crippen LogP contribution is 2.18. The number of aromatic nitrogens is 2. The number of benzene rings is 1. The molecule has 0 spiro atoms. The third-order valence-electron chi connectivity index (χ3n) is 2.80. The molecule has 1 heterocycles. The van der Waals surface area contributed by atoms with Gasteiger partial charge in [0, 0.05) is 18.9 Å². The van der Waals surface area contributed by atoms with E-state index in [0.717, 1.165) is 11.3 Å². The highest BCUT2D eigenvalue weighted by atomic mass is 16.2. The SMILES string of the molecule is Cc1ccccc1N(C)C(=O)Cn1cc(N)cn1. The first-order valence-corrected chi connectivity index (χ1v) is 5.68. The van der Waals surface area contributed by atoms with Crippen LogP contribution < -0.4 is 10.6 Å². The fourth-order valence-corrected chi connectivity index (χ4v) is 1.78. The number of carbonyl (C=O) groups is 1. The molecule has 94 valence electrons. The molecule has 2 rings (SSSR count). The van der Waals surface area contributed by atoms with Crippen molar-refractivity contribution in [2.24, 2.45) is 0 Å². The highest BCUT2D eigenvalue weighted by molar-refractivity contribution is 5.93. The van der Waals surface area contributed by atoms with E-state index < -0.39 is 0 Å². The molecule has 0 aliphatic rings. The number of para-hydroxylation sites is 1. The smallest absolute Gasteiger partial charge is 0.248 e. The standard InChI is InChI=1S/C13H16N4O/c1-10-5-3-4-6-12(10)16(2)13(18)9-17-8-11(14)7-15-17/h3-8H,9,14H2,1-2H3. The molecule has 0 unspecified atom stereocenters. The summed E-state index contributed by atoms with van der Waals surface area (Å²) in [5.74, 6) is -0.0348. The van der Waals surface area contributed by atoms with E-state index in [4.69, 9.17) is 5.73 Å². The second kappa shape index (κ2) is 4.91. The van der Waals surface area contributed by atoms with Crippen molar-refractivity contribution < 1.29 is 4.79 Å². The Labute approximate surface area is 106 Å². The lowest BCUT2D eigenvalue weighted by molar-refractivity contribution is -0.119. The molecule has 0 radical (unpaired) electrons. The van der Waals surface area contributed by atoms with Crippen molar-refractivity contribution in [3.63, 3.8) is 0 Å². The molecule has 2 aromatic rings. The normalized spacial score (nSPS) is 10.3. The van der Waals surface area contributed by atoms with Crippen molar-refractivity contribution in [1.82, 2.24) is 9.78 Å². The first-order valence-electron chi connectivity index (χ1n) is 5.68. The van der Waals surface area contributed by atoms with Gasteiger partial charge in [-0.25, -0.2) is 0 Å². The minimum atomic E-state index is -0.0348. The average molecular weight is 244 g/mol. The number of nitrogens with zero attached hydrogens (tertiary/aromatic N) is 3. The number of hydrogen-bond donors (Lipinski definition) is 1. The molecule has 1 amide bonds. The number of hydrogen-bond acceptors (Lipinski definition) is 3. The first kappa shape index (κ1) is 12.2. The van der Waals surface area contributed by atoms with Crippen LogP contribution in [0.3, 0.4) is 0 Å². The molecule has 1 aromatic carbocycles. The van der Waals surface area contributed by atoms with Crippen LogP contribution in [0.15, 0.2) is 36.7 Å². The molecular weight excluding hydrogens is 228 g/mol. The summed E-state index contributed by atoms with van der Waals surface area (Å²) in [6, 6.07) is 7.76. The average Bonchev–Trinajstić information content (AvgIpc) is 2.74. The Balaban J connectivity index is 2.12. The van der Waals surface area contributed by atoms with Gasteiger partial charge in [-0.1, -0.05) is 18.2 Å². The molecule has 0 atom stereocenters. The molecule has 0 aliphatic carbocycles. The number of rotatable bonds is 3. The highest BCUT2D eigenvalue weighted by Gasteiger charge is 2.13. The number of amides is 1. The van der Waals surface area contributed by atoms with Crippen molar-refractivity contribution in [2.75, 3.05) is 17.7 Å². The first-order chi connectivity index (χ1) is 8.58. The van der Waals surface area contributed by atoms with Gasteiger partial charge in [-0.05, 0) is 18.6 Å². The Morgan fingerprint density at radius 1 is 1.44 bits per heavy atom. The summed E-state index contributed by atoms with van der Waals surface area (Å²) in [6.45, 7) is 2.16. The van der Waals surface area contributed by atoms with Crippen LogP contribution >= 0.6 is 0 Å². The van der Waals surface area contributed by atoms with E-state index in [1.54, 1.807) is 18.1 Å². The third kappa shape index (κ3) is 2.51. The summed E-state index contributed by atoms with van der Waals surface area (Å²) < 4.78 is 1.53. The maximum absolute atomic E-state index is 12.1. The van der Waals surface area contributed by atoms with Gasteiger partial charge in [-0.3, -0.25) is 9.48 Å². The zero-order valence-electron chi connectivity index (χ0n) is 10.5. The summed E-state index contributed by atoms with van der Waals surface area (Å²) in [7, 11) is 1.76. The van der Waals surface area contributed by atoms with Crippen LogP contribution in [0.25, 0.3) is 0 Å². The minimum absolute atomic E-state index is 0.0348. The summed E-state index contributed by atoms with van der Waals surface area (Å²) in [5, 5.41) is 4.00. The van der Waals surface area contributed by atoms with Gasteiger partial charge >= 0.3 is 0 Å². The van der Waals surface area contributed by atoms with E-state index in [-0.39, 0.29) is 12.5 Å². The van der Waals surface area contributed by atoms with Crippen LogP contribution in [0, 0.1) is 6.92 Å². The largest absolute Gasteiger partial charge is 0.396 e. The van der Waals surface area contributed by atoms with Crippen LogP contribution in [-0.2, 0) is 11.3 Å². The van der Waals surface area contributed by atoms with Gasteiger partial charge < -0.3 is 10.6 Å². The lowest BCUT2D eigenvalue weighted by Crippen LogP contribution is -2.30. The van der Waals surface area contributed by atoms with Crippen molar-refractivity contribution >= 4 is 17.3 Å². The van der Waals surface area contributed by atoms with E-state index in [9.17, 15) is 4.79 Å². The molecule has 0 bridgehead atoms. The summed E-state index contributed by atoms with van der Waals surface area (Å²) >= 11 is 0. The Kier molecular flexibility index (Phi) is 3.32. The number of aryl methyl sites for hydroxylation is 1. The van der Waals surface area contributed by atoms with Crippen LogP contribution in [0.4, 0.5) is 11.4 Å². The molecule has 5 heteroatoms. The van der Waals surface area contributed by atoms with Gasteiger partial charge in [0.1, 0.15) is 6.54 Å². The Hall–Kier alpha value is -2.30. The summed E-state index contributed by atoms with van der Waals surface area (Å²) in [6.07, 6.45) is 3.17. The van der Waals surface area contributed by atoms with Crippen LogP contribution in [0.5, 0.6) is 0 Å². The fourth-order valence-electron chi connectivity index (χ4n) is 1.78. The van der Waals surface area contributed by atoms with Crippen LogP contribution in [0.2, 0.25) is 0 Å². The lowest BCUT2D eigenvalue weighted by atomic mass is 10.2. The number of anilines is 2. The third-order valence-corrected chi connectivity index (χ3v) is 2.80. The van der Waals surface area contributed by atoms with Gasteiger partial charge in [0.25, 0.3) is 0 Å². The molecule has 5 nitrogen and oxygen atoms in total. The fraction of sp³-hybridized carbons (Fsp3) is 0.231. The van der Waals surface area contributed by atoms with Gasteiger partial charge in [0.15, 0.2) is 0 Å². The zero-order valence-corrected chi connectivity index (χ0v) is 10.5. The predicted octanol–water partition coefficient (Wildman–Crippen LogP) is 1.44.